The molecule has 0 aliphatic carbocycles. The summed E-state index contributed by atoms with van der Waals surface area (Å²) in [4.78, 5) is 4.96. The van der Waals surface area contributed by atoms with Crippen LogP contribution >= 0.6 is 0 Å². The molecule has 1 aliphatic heterocycles. The molecule has 6 heteroatoms. The standard InChI is InChI=1S/C83H62N4OSi/c1-56-48-80(84-54-76(56)58-28-12-6-13-29-58)87-77-47-45-66(89(63-32-14-7-15-33-63,64-34-16-8-17-35-64)65-36-18-9-19-37-65)53-74(77)71-46-44-62(52-79(71)87)88-61-31-24-30-60(51-61)85-55-86-81-73(57-26-10-5-11-27-57)49-59(83(2,3)4)50-75(81)70-41-23-21-39-68(70)67-38-20-22-40-69(67)72-42-25-43-78(85)82(72)86/h5-54H,1-4H3/i1D3,5D,6D,10D,11D,12D,13D,26D,27D,28D,29D. The second-order valence-corrected chi connectivity index (χ2v) is 27.3. The Hall–Kier alpha value is -10.9. The van der Waals surface area contributed by atoms with Gasteiger partial charge < -0.3 is 4.74 Å². The first-order valence-electron chi connectivity index (χ1n) is 36.1. The Morgan fingerprint density at radius 3 is 1.65 bits per heavy atom. The molecule has 0 fully saturated rings. The molecule has 424 valence electrons. The topological polar surface area (TPSA) is 35.9 Å². The van der Waals surface area contributed by atoms with E-state index in [9.17, 15) is 2.74 Å². The van der Waals surface area contributed by atoms with Gasteiger partial charge in [-0.05, 0) is 137 Å². The number of rotatable bonds is 10. The maximum atomic E-state index is 9.54. The molecular formula is C83H62N4OSi. The van der Waals surface area contributed by atoms with Crippen molar-refractivity contribution in [1.29, 1.82) is 0 Å². The zero-order valence-corrected chi connectivity index (χ0v) is 49.8. The second-order valence-electron chi connectivity index (χ2n) is 23.5. The lowest BCUT2D eigenvalue weighted by Crippen LogP contribution is -2.74. The first-order valence-corrected chi connectivity index (χ1v) is 31.6. The number of fused-ring (bicyclic) bond motifs is 10. The van der Waals surface area contributed by atoms with Crippen LogP contribution in [-0.4, -0.2) is 22.2 Å². The van der Waals surface area contributed by atoms with Crippen molar-refractivity contribution in [1.82, 2.24) is 14.1 Å². The smallest absolute Gasteiger partial charge is 0.269 e. The number of aryl methyl sites for hydroxylation is 1. The van der Waals surface area contributed by atoms with Gasteiger partial charge in [0.15, 0.2) is 8.07 Å². The van der Waals surface area contributed by atoms with Crippen LogP contribution in [-0.2, 0) is 5.41 Å². The molecule has 0 saturated carbocycles. The van der Waals surface area contributed by atoms with E-state index in [1.54, 1.807) is 0 Å². The van der Waals surface area contributed by atoms with E-state index in [1.165, 1.54) is 27.8 Å². The molecule has 0 unspecified atom stereocenters. The summed E-state index contributed by atoms with van der Waals surface area (Å²) in [6.45, 7) is 3.45. The predicted molar refractivity (Wildman–Crippen MR) is 370 cm³/mol. The van der Waals surface area contributed by atoms with Crippen LogP contribution < -0.4 is 30.1 Å². The monoisotopic (exact) mass is 1170 g/mol. The van der Waals surface area contributed by atoms with Gasteiger partial charge in [-0.25, -0.2) is 4.98 Å². The lowest BCUT2D eigenvalue weighted by molar-refractivity contribution is -0.570. The third-order valence-electron chi connectivity index (χ3n) is 17.4. The lowest BCUT2D eigenvalue weighted by Gasteiger charge is -2.34. The minimum atomic E-state index is -3.13. The molecule has 0 spiro atoms. The maximum absolute atomic E-state index is 9.54. The Labute approximate surface area is 538 Å². The first-order chi connectivity index (χ1) is 49.0. The fourth-order valence-corrected chi connectivity index (χ4v) is 18.1. The van der Waals surface area contributed by atoms with Gasteiger partial charge in [0.2, 0.25) is 0 Å². The average Bonchev–Trinajstić information content (AvgIpc) is 1.43. The first kappa shape index (κ1) is 41.2. The molecule has 0 N–H and O–H groups in total. The van der Waals surface area contributed by atoms with Crippen molar-refractivity contribution >= 4 is 61.7 Å². The highest BCUT2D eigenvalue weighted by molar-refractivity contribution is 7.20. The Balaban J connectivity index is 0.911. The van der Waals surface area contributed by atoms with E-state index in [-0.39, 0.29) is 40.2 Å². The van der Waals surface area contributed by atoms with Gasteiger partial charge in [0.25, 0.3) is 6.33 Å². The van der Waals surface area contributed by atoms with E-state index in [4.69, 9.17) is 24.8 Å². The second kappa shape index (κ2) is 21.5. The van der Waals surface area contributed by atoms with E-state index in [2.05, 4.69) is 154 Å². The van der Waals surface area contributed by atoms with Crippen molar-refractivity contribution in [3.05, 3.63) is 321 Å². The highest BCUT2D eigenvalue weighted by Crippen LogP contribution is 2.47. The number of aromatic nitrogens is 4. The van der Waals surface area contributed by atoms with Crippen LogP contribution in [0.1, 0.15) is 49.7 Å². The van der Waals surface area contributed by atoms with Crippen molar-refractivity contribution in [2.75, 3.05) is 0 Å². The van der Waals surface area contributed by atoms with E-state index in [1.807, 2.05) is 117 Å². The van der Waals surface area contributed by atoms with Gasteiger partial charge in [-0.2, -0.15) is 0 Å². The number of para-hydroxylation sites is 1. The number of ether oxygens (including phenoxy) is 1. The molecule has 0 atom stereocenters. The molecule has 1 aliphatic rings. The van der Waals surface area contributed by atoms with Gasteiger partial charge >= 0.3 is 0 Å². The Bertz CT molecular complexity index is 5820. The van der Waals surface area contributed by atoms with Gasteiger partial charge in [0.05, 0.1) is 47.1 Å². The number of hydrogen-bond acceptors (Lipinski definition) is 2. The van der Waals surface area contributed by atoms with Gasteiger partial charge in [-0.3, -0.25) is 13.7 Å². The summed E-state index contributed by atoms with van der Waals surface area (Å²) < 4.78 is 129. The van der Waals surface area contributed by atoms with Gasteiger partial charge in [-0.15, -0.1) is 0 Å². The molecule has 0 amide bonds. The van der Waals surface area contributed by atoms with E-state index in [0.717, 1.165) is 65.9 Å². The van der Waals surface area contributed by atoms with Crippen molar-refractivity contribution in [3.63, 3.8) is 0 Å². The predicted octanol–water partition coefficient (Wildman–Crippen LogP) is 17.6. The van der Waals surface area contributed by atoms with Gasteiger partial charge in [0.1, 0.15) is 17.3 Å². The van der Waals surface area contributed by atoms with Crippen LogP contribution in [0.3, 0.4) is 0 Å². The van der Waals surface area contributed by atoms with Crippen LogP contribution in [0.2, 0.25) is 0 Å². The zero-order valence-electron chi connectivity index (χ0n) is 61.8. The van der Waals surface area contributed by atoms with Crippen molar-refractivity contribution in [2.24, 2.45) is 0 Å². The van der Waals surface area contributed by atoms with Crippen LogP contribution in [0.25, 0.3) is 106 Å². The highest BCUT2D eigenvalue weighted by Gasteiger charge is 2.42. The summed E-state index contributed by atoms with van der Waals surface area (Å²) >= 11 is 0. The summed E-state index contributed by atoms with van der Waals surface area (Å²) in [5.41, 5.74) is 9.67. The SMILES string of the molecule is [2H]c1c([2H])c([2H])c(-c2cnc(-n3c4ccc([Si](c5ccccc5)(c5ccccc5)c5ccccc5)cc4c4ccc(Oc5cccc(-n6[c-][n+]7c8c(cccc86)-c6ccccc6-c6ccccc6-c6cc(C(C)(C)C)cc(-c8c([2H])c([2H])c([2H])c([2H])c8[2H])c6-7)c5)cc43)cc2C([2H])([2H])[2H])c([2H])c1[2H]. The third-order valence-corrected chi connectivity index (χ3v) is 22.1. The van der Waals surface area contributed by atoms with Crippen molar-refractivity contribution < 1.29 is 27.1 Å². The molecule has 15 aromatic rings. The molecular weight excluding hydrogens is 1100 g/mol. The Kier molecular flexibility index (Phi) is 9.95. The van der Waals surface area contributed by atoms with E-state index in [0.29, 0.717) is 39.5 Å². The largest absolute Gasteiger partial charge is 0.458 e. The molecule has 4 heterocycles. The molecule has 0 radical (unpaired) electrons. The summed E-state index contributed by atoms with van der Waals surface area (Å²) in [6, 6.07) is 74.8. The minimum absolute atomic E-state index is 0.0594. The maximum Gasteiger partial charge on any atom is 0.269 e. The van der Waals surface area contributed by atoms with Gasteiger partial charge in [0, 0.05) is 32.7 Å². The summed E-state index contributed by atoms with van der Waals surface area (Å²) in [6.07, 6.45) is 5.07. The quantitative estimate of drug-likeness (QED) is 0.0592. The minimum Gasteiger partial charge on any atom is -0.458 e. The summed E-state index contributed by atoms with van der Waals surface area (Å²) in [5.74, 6) is 1.06. The van der Waals surface area contributed by atoms with Crippen LogP contribution in [0.5, 0.6) is 11.5 Å². The number of pyridine rings is 1. The molecule has 0 saturated heterocycles. The van der Waals surface area contributed by atoms with Crippen LogP contribution in [0.15, 0.2) is 303 Å². The normalized spacial score (nSPS) is 14.3. The highest BCUT2D eigenvalue weighted by atomic mass is 28.3. The number of imidazole rings is 1. The third kappa shape index (κ3) is 8.97. The van der Waals surface area contributed by atoms with Crippen LogP contribution in [0, 0.1) is 13.2 Å². The van der Waals surface area contributed by atoms with Crippen molar-refractivity contribution in [2.45, 2.75) is 33.0 Å². The number of benzene rings is 12. The molecule has 12 aromatic carbocycles. The fraction of sp³-hybridized carbons (Fsp3) is 0.0602. The van der Waals surface area contributed by atoms with E-state index >= 15 is 0 Å². The lowest BCUT2D eigenvalue weighted by atomic mass is 9.81. The average molecular weight is 1170 g/mol. The molecule has 16 rings (SSSR count). The Morgan fingerprint density at radius 2 is 1.02 bits per heavy atom. The Morgan fingerprint density at radius 1 is 0.461 bits per heavy atom. The van der Waals surface area contributed by atoms with Gasteiger partial charge in [-0.1, -0.05) is 269 Å². The van der Waals surface area contributed by atoms with Crippen molar-refractivity contribution in [3.8, 4) is 84.3 Å². The van der Waals surface area contributed by atoms with Crippen LogP contribution in [0.4, 0.5) is 0 Å². The molecule has 0 bridgehead atoms. The molecule has 3 aromatic heterocycles. The number of hydrogen-bond donors (Lipinski definition) is 0. The summed E-state index contributed by atoms with van der Waals surface area (Å²) in [7, 11) is -3.13. The fourth-order valence-electron chi connectivity index (χ4n) is 13.3. The summed E-state index contributed by atoms with van der Waals surface area (Å²) in [5, 5.41) is 6.21. The molecule has 89 heavy (non-hydrogen) atoms. The number of nitrogens with zero attached hydrogens (tertiary/aromatic N) is 4. The zero-order chi connectivity index (χ0) is 71.0. The molecule has 5 nitrogen and oxygen atoms in total. The van der Waals surface area contributed by atoms with E-state index < -0.39 is 68.7 Å².